The van der Waals surface area contributed by atoms with Gasteiger partial charge < -0.3 is 5.11 Å². The summed E-state index contributed by atoms with van der Waals surface area (Å²) in [6.45, 7) is 3.18. The van der Waals surface area contributed by atoms with Crippen molar-refractivity contribution in [1.29, 1.82) is 0 Å². The lowest BCUT2D eigenvalue weighted by atomic mass is 9.96. The molecule has 0 aliphatic carbocycles. The normalized spacial score (nSPS) is 12.3. The summed E-state index contributed by atoms with van der Waals surface area (Å²) in [4.78, 5) is 9.84. The Bertz CT molecular complexity index is 573. The van der Waals surface area contributed by atoms with Crippen molar-refractivity contribution in [3.8, 4) is 0 Å². The lowest BCUT2D eigenvalue weighted by Gasteiger charge is -2.30. The molecule has 0 radical (unpaired) electrons. The summed E-state index contributed by atoms with van der Waals surface area (Å²) in [6.07, 6.45) is 0.822. The third-order valence-corrected chi connectivity index (χ3v) is 4.92. The Morgan fingerprint density at radius 2 is 1.95 bits per heavy atom. The fourth-order valence-electron chi connectivity index (χ4n) is 1.76. The van der Waals surface area contributed by atoms with Crippen molar-refractivity contribution < 1.29 is 18.4 Å². The minimum atomic E-state index is -3.92. The van der Waals surface area contributed by atoms with Crippen molar-refractivity contribution in [1.82, 2.24) is 4.72 Å². The van der Waals surface area contributed by atoms with Crippen molar-refractivity contribution in [3.63, 3.8) is 0 Å². The van der Waals surface area contributed by atoms with Crippen molar-refractivity contribution in [3.05, 3.63) is 34.4 Å². The van der Waals surface area contributed by atoms with Crippen molar-refractivity contribution in [2.24, 2.45) is 0 Å². The molecule has 1 aromatic rings. The molecule has 0 saturated heterocycles. The summed E-state index contributed by atoms with van der Waals surface area (Å²) < 4.78 is 26.9. The molecular weight excluding hydrogens is 284 g/mol. The second-order valence-corrected chi connectivity index (χ2v) is 6.19. The molecule has 0 heterocycles. The lowest BCUT2D eigenvalue weighted by molar-refractivity contribution is -0.385. The summed E-state index contributed by atoms with van der Waals surface area (Å²) >= 11 is 0. The molecule has 0 saturated carbocycles. The topological polar surface area (TPSA) is 110 Å². The van der Waals surface area contributed by atoms with Gasteiger partial charge in [-0.1, -0.05) is 19.9 Å². The minimum Gasteiger partial charge on any atom is -0.394 e. The van der Waals surface area contributed by atoms with Crippen LogP contribution < -0.4 is 4.72 Å². The number of non-ortho nitro benzene ring substituents is 1. The van der Waals surface area contributed by atoms with Gasteiger partial charge in [-0.05, 0) is 18.9 Å². The molecule has 0 aromatic heterocycles. The van der Waals surface area contributed by atoms with Crippen molar-refractivity contribution >= 4 is 15.7 Å². The first-order valence-corrected chi connectivity index (χ1v) is 7.68. The Kier molecular flexibility index (Phi) is 5.21. The summed E-state index contributed by atoms with van der Waals surface area (Å²) in [5.74, 6) is 0. The van der Waals surface area contributed by atoms with Gasteiger partial charge in [0.1, 0.15) is 0 Å². The van der Waals surface area contributed by atoms with Crippen LogP contribution in [0.15, 0.2) is 29.2 Å². The highest BCUT2D eigenvalue weighted by Gasteiger charge is 2.32. The smallest absolute Gasteiger partial charge is 0.270 e. The van der Waals surface area contributed by atoms with Crippen LogP contribution in [0.3, 0.4) is 0 Å². The Hall–Kier alpha value is -1.51. The van der Waals surface area contributed by atoms with Gasteiger partial charge in [0.05, 0.1) is 22.0 Å². The monoisotopic (exact) mass is 302 g/mol. The van der Waals surface area contributed by atoms with Gasteiger partial charge in [0.15, 0.2) is 0 Å². The highest BCUT2D eigenvalue weighted by atomic mass is 32.2. The van der Waals surface area contributed by atoms with Gasteiger partial charge in [0.2, 0.25) is 10.0 Å². The van der Waals surface area contributed by atoms with Crippen LogP contribution in [0, 0.1) is 10.1 Å². The Morgan fingerprint density at radius 1 is 1.35 bits per heavy atom. The Morgan fingerprint density at radius 3 is 2.40 bits per heavy atom. The number of rotatable bonds is 7. The number of nitrogens with zero attached hydrogens (tertiary/aromatic N) is 1. The van der Waals surface area contributed by atoms with Crippen molar-refractivity contribution in [2.45, 2.75) is 37.1 Å². The van der Waals surface area contributed by atoms with Crippen molar-refractivity contribution in [2.75, 3.05) is 6.61 Å². The average molecular weight is 302 g/mol. The third-order valence-electron chi connectivity index (χ3n) is 3.35. The van der Waals surface area contributed by atoms with Crippen LogP contribution in [0.1, 0.15) is 26.7 Å². The maximum Gasteiger partial charge on any atom is 0.270 e. The standard InChI is InChI=1S/C12H18N2O5S/c1-3-12(4-2,9-15)13-20(18,19)11-7-5-6-10(8-11)14(16)17/h5-8,13,15H,3-4,9H2,1-2H3. The summed E-state index contributed by atoms with van der Waals surface area (Å²) in [7, 11) is -3.92. The minimum absolute atomic E-state index is 0.188. The number of nitro benzene ring substituents is 1. The molecule has 0 spiro atoms. The van der Waals surface area contributed by atoms with Gasteiger partial charge >= 0.3 is 0 Å². The van der Waals surface area contributed by atoms with E-state index in [4.69, 9.17) is 0 Å². The SMILES string of the molecule is CCC(CC)(CO)NS(=O)(=O)c1cccc([N+](=O)[O-])c1. The average Bonchev–Trinajstić information content (AvgIpc) is 2.45. The number of hydrogen-bond acceptors (Lipinski definition) is 5. The predicted molar refractivity (Wildman–Crippen MR) is 73.8 cm³/mol. The molecule has 7 nitrogen and oxygen atoms in total. The van der Waals surface area contributed by atoms with Crippen LogP contribution >= 0.6 is 0 Å². The van der Waals surface area contributed by atoms with E-state index in [1.165, 1.54) is 18.2 Å². The fraction of sp³-hybridized carbons (Fsp3) is 0.500. The zero-order valence-corrected chi connectivity index (χ0v) is 12.2. The summed E-state index contributed by atoms with van der Waals surface area (Å²) in [5.41, 5.74) is -1.25. The zero-order valence-electron chi connectivity index (χ0n) is 11.4. The van der Waals surface area contributed by atoms with Crippen LogP contribution in [0.4, 0.5) is 5.69 Å². The van der Waals surface area contributed by atoms with Crippen LogP contribution in [-0.4, -0.2) is 30.6 Å². The highest BCUT2D eigenvalue weighted by molar-refractivity contribution is 7.89. The van der Waals surface area contributed by atoms with Gasteiger partial charge in [-0.25, -0.2) is 13.1 Å². The van der Waals surface area contributed by atoms with E-state index < -0.39 is 20.5 Å². The molecule has 0 fully saturated rings. The summed E-state index contributed by atoms with van der Waals surface area (Å²) in [5, 5.41) is 20.1. The van der Waals surface area contributed by atoms with Crippen LogP contribution in [0.5, 0.6) is 0 Å². The molecule has 1 aromatic carbocycles. The van der Waals surface area contributed by atoms with Gasteiger partial charge in [0.25, 0.3) is 5.69 Å². The van der Waals surface area contributed by atoms with E-state index in [9.17, 15) is 23.6 Å². The molecule has 112 valence electrons. The first-order valence-electron chi connectivity index (χ1n) is 6.19. The highest BCUT2D eigenvalue weighted by Crippen LogP contribution is 2.21. The molecule has 20 heavy (non-hydrogen) atoms. The van der Waals surface area contributed by atoms with Gasteiger partial charge in [-0.15, -0.1) is 0 Å². The van der Waals surface area contributed by atoms with Gasteiger partial charge in [-0.2, -0.15) is 0 Å². The molecule has 0 aliphatic heterocycles. The number of hydrogen-bond donors (Lipinski definition) is 2. The van der Waals surface area contributed by atoms with E-state index in [0.717, 1.165) is 6.07 Å². The largest absolute Gasteiger partial charge is 0.394 e. The molecule has 0 atom stereocenters. The molecule has 0 bridgehead atoms. The quantitative estimate of drug-likeness (QED) is 0.585. The van der Waals surface area contributed by atoms with Crippen LogP contribution in [-0.2, 0) is 10.0 Å². The maximum absolute atomic E-state index is 12.3. The third kappa shape index (κ3) is 3.53. The Labute approximate surface area is 117 Å². The van der Waals surface area contributed by atoms with E-state index >= 15 is 0 Å². The number of nitro groups is 1. The van der Waals surface area contributed by atoms with Crippen LogP contribution in [0.2, 0.25) is 0 Å². The van der Waals surface area contributed by atoms with E-state index in [1.54, 1.807) is 13.8 Å². The maximum atomic E-state index is 12.3. The molecule has 0 amide bonds. The van der Waals surface area contributed by atoms with E-state index in [2.05, 4.69) is 4.72 Å². The van der Waals surface area contributed by atoms with E-state index in [-0.39, 0.29) is 17.2 Å². The van der Waals surface area contributed by atoms with Gasteiger partial charge in [-0.3, -0.25) is 10.1 Å². The number of nitrogens with one attached hydrogen (secondary N) is 1. The second kappa shape index (κ2) is 6.29. The molecule has 1 rings (SSSR count). The second-order valence-electron chi connectivity index (χ2n) is 4.51. The van der Waals surface area contributed by atoms with E-state index in [0.29, 0.717) is 12.8 Å². The summed E-state index contributed by atoms with van der Waals surface area (Å²) in [6, 6.07) is 4.81. The van der Waals surface area contributed by atoms with Gasteiger partial charge in [0, 0.05) is 12.1 Å². The number of benzene rings is 1. The van der Waals surface area contributed by atoms with E-state index in [1.807, 2.05) is 0 Å². The first-order chi connectivity index (χ1) is 9.30. The lowest BCUT2D eigenvalue weighted by Crippen LogP contribution is -2.50. The number of sulfonamides is 1. The molecule has 0 aliphatic rings. The number of aliphatic hydroxyl groups excluding tert-OH is 1. The van der Waals surface area contributed by atoms with Crippen LogP contribution in [0.25, 0.3) is 0 Å². The molecular formula is C12H18N2O5S. The zero-order chi connectivity index (χ0) is 15.4. The first kappa shape index (κ1) is 16.5. The Balaban J connectivity index is 3.17. The predicted octanol–water partition coefficient (Wildman–Crippen LogP) is 1.42. The molecule has 0 unspecified atom stereocenters. The fourth-order valence-corrected chi connectivity index (χ4v) is 3.33. The number of aliphatic hydroxyl groups is 1. The molecule has 2 N–H and O–H groups in total. The molecule has 8 heteroatoms.